The van der Waals surface area contributed by atoms with Gasteiger partial charge in [0.2, 0.25) is 0 Å². The number of aliphatic carboxylic acids is 2. The van der Waals surface area contributed by atoms with Gasteiger partial charge in [-0.2, -0.15) is 0 Å². The van der Waals surface area contributed by atoms with E-state index in [4.69, 9.17) is 36.1 Å². The van der Waals surface area contributed by atoms with Crippen molar-refractivity contribution in [2.45, 2.75) is 13.0 Å². The predicted octanol–water partition coefficient (Wildman–Crippen LogP) is 2.84. The Bertz CT molecular complexity index is 693. The normalized spacial score (nSPS) is 9.68. The molecule has 3 N–H and O–H groups in total. The van der Waals surface area contributed by atoms with E-state index in [1.165, 1.54) is 11.1 Å². The van der Waals surface area contributed by atoms with Gasteiger partial charge in [-0.15, -0.1) is 0 Å². The fourth-order valence-electron chi connectivity index (χ4n) is 2.00. The van der Waals surface area contributed by atoms with Gasteiger partial charge in [-0.3, -0.25) is 0 Å². The van der Waals surface area contributed by atoms with E-state index >= 15 is 0 Å². The van der Waals surface area contributed by atoms with E-state index in [1.807, 2.05) is 36.4 Å². The molecule has 0 radical (unpaired) electrons. The number of ether oxygens (including phenoxy) is 1. The molecule has 0 unspecified atom stereocenters. The third kappa shape index (κ3) is 8.19. The topological polar surface area (TPSA) is 95.9 Å². The van der Waals surface area contributed by atoms with Crippen molar-refractivity contribution < 1.29 is 24.5 Å². The summed E-state index contributed by atoms with van der Waals surface area (Å²) in [6.07, 6.45) is 0.968. The molecule has 0 bridgehead atoms. The smallest absolute Gasteiger partial charge is 0.414 e. The number of rotatable bonds is 6. The molecule has 0 aliphatic heterocycles. The maximum atomic E-state index is 9.10. The Labute approximate surface area is 151 Å². The lowest BCUT2D eigenvalue weighted by Gasteiger charge is -2.09. The van der Waals surface area contributed by atoms with Crippen LogP contribution in [0.1, 0.15) is 11.1 Å². The first-order chi connectivity index (χ1) is 11.9. The van der Waals surface area contributed by atoms with Gasteiger partial charge in [0.05, 0.1) is 7.11 Å². The summed E-state index contributed by atoms with van der Waals surface area (Å²) in [5, 5.41) is 19.0. The molecule has 134 valence electrons. The first-order valence-corrected chi connectivity index (χ1v) is 7.85. The number of carbonyl (C=O) groups is 2. The van der Waals surface area contributed by atoms with Gasteiger partial charge in [0.15, 0.2) is 0 Å². The van der Waals surface area contributed by atoms with Crippen LogP contribution >= 0.6 is 11.6 Å². The highest BCUT2D eigenvalue weighted by atomic mass is 35.5. The van der Waals surface area contributed by atoms with Gasteiger partial charge in [-0.25, -0.2) is 9.59 Å². The Balaban J connectivity index is 0.000000450. The molecule has 0 spiro atoms. The number of hydrogen-bond acceptors (Lipinski definition) is 4. The molecule has 0 atom stereocenters. The zero-order valence-electron chi connectivity index (χ0n) is 13.7. The lowest BCUT2D eigenvalue weighted by atomic mass is 10.1. The monoisotopic (exact) mass is 365 g/mol. The van der Waals surface area contributed by atoms with Crippen LogP contribution in [-0.2, 0) is 22.6 Å². The van der Waals surface area contributed by atoms with Gasteiger partial charge in [0.1, 0.15) is 5.75 Å². The number of methoxy groups -OCH3 is 1. The molecule has 2 rings (SSSR count). The van der Waals surface area contributed by atoms with E-state index in [-0.39, 0.29) is 0 Å². The summed E-state index contributed by atoms with van der Waals surface area (Å²) in [5.41, 5.74) is 2.43. The standard InChI is InChI=1S/C16H18ClNO.C2H2O4/c1-19-16-8-3-2-6-14(16)12-18-10-9-13-5-4-7-15(17)11-13;3-1(4)2(5)6/h2-8,11,18H,9-10,12H2,1H3;(H,3,4)(H,5,6). The van der Waals surface area contributed by atoms with E-state index in [0.29, 0.717) is 0 Å². The largest absolute Gasteiger partial charge is 0.496 e. The predicted molar refractivity (Wildman–Crippen MR) is 95.1 cm³/mol. The number of benzene rings is 2. The highest BCUT2D eigenvalue weighted by molar-refractivity contribution is 6.30. The molecule has 2 aromatic carbocycles. The van der Waals surface area contributed by atoms with Crippen LogP contribution in [0.3, 0.4) is 0 Å². The van der Waals surface area contributed by atoms with Gasteiger partial charge >= 0.3 is 11.9 Å². The summed E-state index contributed by atoms with van der Waals surface area (Å²) in [6.45, 7) is 1.73. The molecular formula is C18H20ClNO5. The summed E-state index contributed by atoms with van der Waals surface area (Å²) in [7, 11) is 1.70. The van der Waals surface area contributed by atoms with Crippen molar-refractivity contribution in [3.63, 3.8) is 0 Å². The van der Waals surface area contributed by atoms with Crippen LogP contribution in [-0.4, -0.2) is 35.8 Å². The molecular weight excluding hydrogens is 346 g/mol. The Hall–Kier alpha value is -2.57. The summed E-state index contributed by atoms with van der Waals surface area (Å²) in [5.74, 6) is -2.72. The number of carboxylic acids is 2. The zero-order chi connectivity index (χ0) is 18.7. The maximum absolute atomic E-state index is 9.10. The van der Waals surface area contributed by atoms with Crippen LogP contribution < -0.4 is 10.1 Å². The lowest BCUT2D eigenvalue weighted by Crippen LogP contribution is -2.17. The quantitative estimate of drug-likeness (QED) is 0.538. The second kappa shape index (κ2) is 11.1. The molecule has 6 nitrogen and oxygen atoms in total. The number of hydrogen-bond donors (Lipinski definition) is 3. The Morgan fingerprint density at radius 2 is 1.76 bits per heavy atom. The SMILES string of the molecule is COc1ccccc1CNCCc1cccc(Cl)c1.O=C(O)C(=O)O. The summed E-state index contributed by atoms with van der Waals surface area (Å²) >= 11 is 5.96. The van der Waals surface area contributed by atoms with Crippen molar-refractivity contribution in [3.05, 3.63) is 64.7 Å². The fraction of sp³-hybridized carbons (Fsp3) is 0.222. The first kappa shape index (κ1) is 20.5. The highest BCUT2D eigenvalue weighted by Gasteiger charge is 2.04. The molecule has 0 aliphatic carbocycles. The fourth-order valence-corrected chi connectivity index (χ4v) is 2.21. The van der Waals surface area contributed by atoms with Crippen LogP contribution in [0.4, 0.5) is 0 Å². The molecule has 0 heterocycles. The average Bonchev–Trinajstić information content (AvgIpc) is 2.59. The second-order valence-electron chi connectivity index (χ2n) is 4.98. The van der Waals surface area contributed by atoms with Crippen LogP contribution in [0.15, 0.2) is 48.5 Å². The summed E-state index contributed by atoms with van der Waals surface area (Å²) in [4.78, 5) is 18.2. The number of nitrogens with one attached hydrogen (secondary N) is 1. The van der Waals surface area contributed by atoms with Gasteiger partial charge in [0.25, 0.3) is 0 Å². The van der Waals surface area contributed by atoms with Gasteiger partial charge in [0, 0.05) is 17.1 Å². The summed E-state index contributed by atoms with van der Waals surface area (Å²) in [6, 6.07) is 16.0. The van der Waals surface area contributed by atoms with Crippen molar-refractivity contribution in [1.82, 2.24) is 5.32 Å². The Kier molecular flexibility index (Phi) is 9.06. The average molecular weight is 366 g/mol. The number of halogens is 1. The van der Waals surface area contributed by atoms with Crippen molar-refractivity contribution in [3.8, 4) is 5.75 Å². The van der Waals surface area contributed by atoms with Crippen molar-refractivity contribution in [1.29, 1.82) is 0 Å². The summed E-state index contributed by atoms with van der Waals surface area (Å²) < 4.78 is 5.32. The molecule has 0 aromatic heterocycles. The molecule has 0 amide bonds. The zero-order valence-corrected chi connectivity index (χ0v) is 14.5. The highest BCUT2D eigenvalue weighted by Crippen LogP contribution is 2.16. The van der Waals surface area contributed by atoms with E-state index in [1.54, 1.807) is 7.11 Å². The molecule has 7 heteroatoms. The van der Waals surface area contributed by atoms with Crippen molar-refractivity contribution in [2.24, 2.45) is 0 Å². The molecule has 0 saturated carbocycles. The minimum absolute atomic E-state index is 0.794. The third-order valence-electron chi connectivity index (χ3n) is 3.17. The first-order valence-electron chi connectivity index (χ1n) is 7.47. The van der Waals surface area contributed by atoms with Gasteiger partial charge in [-0.05, 0) is 36.7 Å². The molecule has 0 saturated heterocycles. The molecule has 2 aromatic rings. The van der Waals surface area contributed by atoms with Crippen LogP contribution in [0.25, 0.3) is 0 Å². The molecule has 25 heavy (non-hydrogen) atoms. The van der Waals surface area contributed by atoms with Crippen LogP contribution in [0, 0.1) is 0 Å². The second-order valence-corrected chi connectivity index (χ2v) is 5.42. The Morgan fingerprint density at radius 1 is 1.08 bits per heavy atom. The third-order valence-corrected chi connectivity index (χ3v) is 3.41. The van der Waals surface area contributed by atoms with Gasteiger partial charge in [-0.1, -0.05) is 41.9 Å². The van der Waals surface area contributed by atoms with E-state index < -0.39 is 11.9 Å². The van der Waals surface area contributed by atoms with Crippen LogP contribution in [0.5, 0.6) is 5.75 Å². The van der Waals surface area contributed by atoms with E-state index in [2.05, 4.69) is 17.4 Å². The minimum Gasteiger partial charge on any atom is -0.496 e. The van der Waals surface area contributed by atoms with Crippen molar-refractivity contribution in [2.75, 3.05) is 13.7 Å². The maximum Gasteiger partial charge on any atom is 0.414 e. The van der Waals surface area contributed by atoms with Gasteiger partial charge < -0.3 is 20.3 Å². The Morgan fingerprint density at radius 3 is 2.36 bits per heavy atom. The van der Waals surface area contributed by atoms with E-state index in [0.717, 1.165) is 30.3 Å². The lowest BCUT2D eigenvalue weighted by molar-refractivity contribution is -0.159. The molecule has 0 aliphatic rings. The van der Waals surface area contributed by atoms with Crippen molar-refractivity contribution >= 4 is 23.5 Å². The van der Waals surface area contributed by atoms with E-state index in [9.17, 15) is 0 Å². The number of para-hydroxylation sites is 1. The van der Waals surface area contributed by atoms with Crippen LogP contribution in [0.2, 0.25) is 5.02 Å². The minimum atomic E-state index is -1.82. The number of carboxylic acid groups (broad SMARTS) is 2. The molecule has 0 fully saturated rings.